The molecule has 1 saturated heterocycles. The summed E-state index contributed by atoms with van der Waals surface area (Å²) in [7, 11) is -2.33. The number of methoxy groups -OCH3 is 1. The lowest BCUT2D eigenvalue weighted by molar-refractivity contribution is -0.141. The molecule has 3 aromatic rings. The molecule has 0 spiro atoms. The standard InChI is InChI=1S/C41H53N7O9S/c1-6-47-19-18-30(45-47)37(49)42-31-13-11-9-7-8-10-12-26-22-41(26,40(52)46-58(53,54)28-14-15-28)44-38(50)32-20-27(23-48(32)39(31)51)57-34-21-35(56-24(2)3)43-36-25(4)33(55-5)17-16-29(34)36/h10,12,16-19,21,24,26-28,31-32H,6-9,11,13-15,20,22-23H2,1-5H3,(H,42,49)(H,44,50)(H,46,52)/b12-10-/t26?,27-,31+,32+,41-/m1/s1. The van der Waals surface area contributed by atoms with E-state index in [1.54, 1.807) is 30.1 Å². The molecule has 0 bridgehead atoms. The fourth-order valence-electron chi connectivity index (χ4n) is 7.90. The Morgan fingerprint density at radius 3 is 2.59 bits per heavy atom. The fourth-order valence-corrected chi connectivity index (χ4v) is 9.26. The van der Waals surface area contributed by atoms with E-state index < -0.39 is 68.5 Å². The number of carbonyl (C=O) groups is 4. The van der Waals surface area contributed by atoms with Crippen LogP contribution in [0.4, 0.5) is 0 Å². The number of amides is 4. The molecule has 1 aromatic carbocycles. The Bertz CT molecular complexity index is 2220. The summed E-state index contributed by atoms with van der Waals surface area (Å²) in [5.41, 5.74) is 0.0212. The van der Waals surface area contributed by atoms with Gasteiger partial charge in [-0.1, -0.05) is 25.0 Å². The second-order valence-electron chi connectivity index (χ2n) is 16.0. The summed E-state index contributed by atoms with van der Waals surface area (Å²) in [6, 6.07) is 4.80. The van der Waals surface area contributed by atoms with E-state index in [9.17, 15) is 27.6 Å². The van der Waals surface area contributed by atoms with Crippen LogP contribution in [0.25, 0.3) is 10.9 Å². The minimum absolute atomic E-state index is 0.0222. The Morgan fingerprint density at radius 2 is 1.88 bits per heavy atom. The van der Waals surface area contributed by atoms with Crippen molar-refractivity contribution in [3.63, 3.8) is 0 Å². The van der Waals surface area contributed by atoms with Crippen LogP contribution in [0, 0.1) is 12.8 Å². The van der Waals surface area contributed by atoms with Crippen molar-refractivity contribution in [1.82, 2.24) is 35.0 Å². The van der Waals surface area contributed by atoms with Gasteiger partial charge in [-0.15, -0.1) is 0 Å². The predicted octanol–water partition coefficient (Wildman–Crippen LogP) is 3.71. The number of hydrogen-bond donors (Lipinski definition) is 3. The second kappa shape index (κ2) is 16.6. The van der Waals surface area contributed by atoms with E-state index in [4.69, 9.17) is 19.2 Å². The van der Waals surface area contributed by atoms with Crippen LogP contribution >= 0.6 is 0 Å². The maximum absolute atomic E-state index is 14.7. The summed E-state index contributed by atoms with van der Waals surface area (Å²) in [4.78, 5) is 62.8. The van der Waals surface area contributed by atoms with Gasteiger partial charge in [0, 0.05) is 42.1 Å². The average molecular weight is 820 g/mol. The molecule has 0 radical (unpaired) electrons. The first-order valence-electron chi connectivity index (χ1n) is 20.2. The highest BCUT2D eigenvalue weighted by Gasteiger charge is 2.62. The smallest absolute Gasteiger partial charge is 0.272 e. The number of nitrogens with zero attached hydrogens (tertiary/aromatic N) is 4. The van der Waals surface area contributed by atoms with Gasteiger partial charge in [-0.2, -0.15) is 5.10 Å². The Hall–Kier alpha value is -5.19. The molecule has 7 rings (SSSR count). The molecule has 17 heteroatoms. The monoisotopic (exact) mass is 819 g/mol. The lowest BCUT2D eigenvalue weighted by Gasteiger charge is -2.29. The number of sulfonamides is 1. The Labute approximate surface area is 338 Å². The SMILES string of the molecule is CCn1ccc(C(=O)N[C@H]2CCCCC/C=C\C3C[C@@]3(C(=O)NS(=O)(=O)C3CC3)NC(=O)[C@@H]3C[C@@H](Oc4cc(OC(C)C)nc5c(C)c(OC)ccc45)CN3C2=O)n1. The molecule has 4 amide bonds. The van der Waals surface area contributed by atoms with Crippen molar-refractivity contribution >= 4 is 44.6 Å². The zero-order valence-corrected chi connectivity index (χ0v) is 34.5. The van der Waals surface area contributed by atoms with Crippen LogP contribution in [-0.4, -0.2) is 100 Å². The molecule has 1 unspecified atom stereocenters. The third-order valence-electron chi connectivity index (χ3n) is 11.3. The number of aromatic nitrogens is 3. The molecule has 4 heterocycles. The van der Waals surface area contributed by atoms with Crippen LogP contribution in [0.15, 0.2) is 42.6 Å². The van der Waals surface area contributed by atoms with E-state index in [0.717, 1.165) is 18.4 Å². The number of benzene rings is 1. The Morgan fingerprint density at radius 1 is 1.09 bits per heavy atom. The van der Waals surface area contributed by atoms with Crippen molar-refractivity contribution in [2.24, 2.45) is 5.92 Å². The van der Waals surface area contributed by atoms with Crippen molar-refractivity contribution in [2.75, 3.05) is 13.7 Å². The van der Waals surface area contributed by atoms with Crippen LogP contribution in [0.1, 0.15) is 94.6 Å². The van der Waals surface area contributed by atoms with E-state index in [-0.39, 0.29) is 31.2 Å². The molecule has 312 valence electrons. The van der Waals surface area contributed by atoms with Gasteiger partial charge >= 0.3 is 0 Å². The molecule has 2 aliphatic heterocycles. The number of hydrogen-bond acceptors (Lipinski definition) is 11. The zero-order chi connectivity index (χ0) is 41.4. The van der Waals surface area contributed by atoms with Crippen LogP contribution in [0.5, 0.6) is 17.4 Å². The highest BCUT2D eigenvalue weighted by molar-refractivity contribution is 7.91. The van der Waals surface area contributed by atoms with Crippen molar-refractivity contribution in [1.29, 1.82) is 0 Å². The summed E-state index contributed by atoms with van der Waals surface area (Å²) >= 11 is 0. The van der Waals surface area contributed by atoms with Crippen molar-refractivity contribution in [3.05, 3.63) is 53.9 Å². The first-order valence-corrected chi connectivity index (χ1v) is 21.8. The van der Waals surface area contributed by atoms with E-state index >= 15 is 0 Å². The third-order valence-corrected chi connectivity index (χ3v) is 13.2. The van der Waals surface area contributed by atoms with Crippen LogP contribution in [0.2, 0.25) is 0 Å². The van der Waals surface area contributed by atoms with Crippen molar-refractivity contribution in [3.8, 4) is 17.4 Å². The molecule has 58 heavy (non-hydrogen) atoms. The number of pyridine rings is 1. The van der Waals surface area contributed by atoms with Crippen LogP contribution in [-0.2, 0) is 31.0 Å². The van der Waals surface area contributed by atoms with E-state index in [1.165, 1.54) is 4.90 Å². The normalized spacial score (nSPS) is 25.8. The van der Waals surface area contributed by atoms with Gasteiger partial charge in [0.25, 0.3) is 11.8 Å². The molecule has 4 aliphatic rings. The summed E-state index contributed by atoms with van der Waals surface area (Å²) in [6.45, 7) is 8.10. The van der Waals surface area contributed by atoms with Gasteiger partial charge in [0.15, 0.2) is 0 Å². The molecule has 2 aromatic heterocycles. The summed E-state index contributed by atoms with van der Waals surface area (Å²) < 4.78 is 47.9. The molecular formula is C41H53N7O9S. The van der Waals surface area contributed by atoms with Crippen molar-refractivity contribution in [2.45, 2.75) is 127 Å². The maximum Gasteiger partial charge on any atom is 0.272 e. The number of fused-ring (bicyclic) bond motifs is 3. The lowest BCUT2D eigenvalue weighted by atomic mass is 10.0. The summed E-state index contributed by atoms with van der Waals surface area (Å²) in [6.07, 6.45) is 8.96. The van der Waals surface area contributed by atoms with E-state index in [1.807, 2.05) is 52.0 Å². The largest absolute Gasteiger partial charge is 0.496 e. The van der Waals surface area contributed by atoms with E-state index in [0.29, 0.717) is 66.9 Å². The minimum atomic E-state index is -3.91. The highest BCUT2D eigenvalue weighted by atomic mass is 32.2. The van der Waals surface area contributed by atoms with Gasteiger partial charge in [-0.3, -0.25) is 28.6 Å². The minimum Gasteiger partial charge on any atom is -0.496 e. The van der Waals surface area contributed by atoms with Gasteiger partial charge in [-0.25, -0.2) is 13.4 Å². The van der Waals surface area contributed by atoms with E-state index in [2.05, 4.69) is 20.5 Å². The quantitative estimate of drug-likeness (QED) is 0.238. The number of nitrogens with one attached hydrogen (secondary N) is 3. The number of allylic oxidation sites excluding steroid dienone is 1. The maximum atomic E-state index is 14.7. The lowest BCUT2D eigenvalue weighted by Crippen LogP contribution is -2.58. The molecule has 16 nitrogen and oxygen atoms in total. The van der Waals surface area contributed by atoms with Crippen molar-refractivity contribution < 1.29 is 41.8 Å². The van der Waals surface area contributed by atoms with Gasteiger partial charge < -0.3 is 29.7 Å². The average Bonchev–Trinajstić information content (AvgIpc) is 4.06. The first kappa shape index (κ1) is 41.0. The molecule has 3 fully saturated rings. The summed E-state index contributed by atoms with van der Waals surface area (Å²) in [5, 5.41) is 10.2. The number of rotatable bonds is 11. The number of aryl methyl sites for hydroxylation is 2. The first-order chi connectivity index (χ1) is 27.7. The number of ether oxygens (including phenoxy) is 3. The zero-order valence-electron chi connectivity index (χ0n) is 33.7. The molecule has 2 aliphatic carbocycles. The Balaban J connectivity index is 1.23. The second-order valence-corrected chi connectivity index (χ2v) is 18.0. The fraction of sp³-hybridized carbons (Fsp3) is 0.561. The van der Waals surface area contributed by atoms with Crippen LogP contribution in [0.3, 0.4) is 0 Å². The summed E-state index contributed by atoms with van der Waals surface area (Å²) in [5.74, 6) is -1.46. The molecule has 2 saturated carbocycles. The molecule has 3 N–H and O–H groups in total. The third kappa shape index (κ3) is 8.64. The van der Waals surface area contributed by atoms with Gasteiger partial charge in [0.2, 0.25) is 27.7 Å². The molecule has 5 atom stereocenters. The molecular weight excluding hydrogens is 767 g/mol. The van der Waals surface area contributed by atoms with Gasteiger partial charge in [0.05, 0.1) is 30.5 Å². The van der Waals surface area contributed by atoms with Gasteiger partial charge in [-0.05, 0) is 84.4 Å². The highest BCUT2D eigenvalue weighted by Crippen LogP contribution is 2.46. The van der Waals surface area contributed by atoms with Gasteiger partial charge in [0.1, 0.15) is 40.9 Å². The number of carbonyl (C=O) groups excluding carboxylic acids is 4. The topological polar surface area (TPSA) is 200 Å². The Kier molecular flexibility index (Phi) is 11.7. The van der Waals surface area contributed by atoms with Crippen LogP contribution < -0.4 is 29.6 Å². The predicted molar refractivity (Wildman–Crippen MR) is 214 cm³/mol.